The van der Waals surface area contributed by atoms with Gasteiger partial charge >= 0.3 is 0 Å². The predicted molar refractivity (Wildman–Crippen MR) is 130 cm³/mol. The lowest BCUT2D eigenvalue weighted by Crippen LogP contribution is -2.49. The highest BCUT2D eigenvalue weighted by Gasteiger charge is 2.31. The molecule has 0 fully saturated rings. The molecule has 36 heavy (non-hydrogen) atoms. The third-order valence-electron chi connectivity index (χ3n) is 5.19. The summed E-state index contributed by atoms with van der Waals surface area (Å²) in [5, 5.41) is 12.5. The Morgan fingerprint density at radius 1 is 1.19 bits per heavy atom. The summed E-state index contributed by atoms with van der Waals surface area (Å²) in [5.41, 5.74) is -0.0256. The Balaban J connectivity index is 1.48. The highest BCUT2D eigenvalue weighted by molar-refractivity contribution is 6.03. The van der Waals surface area contributed by atoms with Crippen LogP contribution in [0.3, 0.4) is 0 Å². The summed E-state index contributed by atoms with van der Waals surface area (Å²) < 4.78 is 24.6. The van der Waals surface area contributed by atoms with Gasteiger partial charge in [-0.2, -0.15) is 0 Å². The number of pyridine rings is 1. The number of carbonyl (C=O) groups is 2. The number of nitrogens with zero attached hydrogens (tertiary/aromatic N) is 2. The third-order valence-corrected chi connectivity index (χ3v) is 5.19. The van der Waals surface area contributed by atoms with Crippen LogP contribution < -0.4 is 19.7 Å². The zero-order chi connectivity index (χ0) is 25.9. The largest absolute Gasteiger partial charge is 0.489 e. The lowest BCUT2D eigenvalue weighted by molar-refractivity contribution is -0.120. The van der Waals surface area contributed by atoms with Gasteiger partial charge in [0.2, 0.25) is 0 Å². The van der Waals surface area contributed by atoms with Crippen LogP contribution in [0.4, 0.5) is 10.1 Å². The number of ether oxygens (including phenoxy) is 2. The van der Waals surface area contributed by atoms with Crippen molar-refractivity contribution < 1.29 is 28.6 Å². The van der Waals surface area contributed by atoms with Crippen LogP contribution in [0.1, 0.15) is 29.9 Å². The fourth-order valence-corrected chi connectivity index (χ4v) is 3.37. The lowest BCUT2D eigenvalue weighted by atomic mass is 10.1. The first-order valence-corrected chi connectivity index (χ1v) is 11.1. The van der Waals surface area contributed by atoms with Crippen LogP contribution in [0, 0.1) is 17.7 Å². The summed E-state index contributed by atoms with van der Waals surface area (Å²) >= 11 is 0. The van der Waals surface area contributed by atoms with Crippen LogP contribution in [0.5, 0.6) is 17.2 Å². The molecule has 0 spiro atoms. The normalized spacial score (nSPS) is 15.1. The molecule has 1 atom stereocenters. The number of aromatic nitrogens is 1. The number of amides is 2. The SMILES string of the molecule is CN1C(=O)C(NC(=O)c2cc(Oc3ccc(F)cc3)ccn2)COc2ccc(C#CC(C)(C)O)cc21. The number of benzene rings is 2. The summed E-state index contributed by atoms with van der Waals surface area (Å²) in [5.74, 6) is 5.44. The molecule has 8 nitrogen and oxygen atoms in total. The van der Waals surface area contributed by atoms with E-state index in [1.54, 1.807) is 45.2 Å². The van der Waals surface area contributed by atoms with E-state index in [0.29, 0.717) is 28.5 Å². The molecule has 4 rings (SSSR count). The van der Waals surface area contributed by atoms with Crippen LogP contribution in [-0.2, 0) is 4.79 Å². The monoisotopic (exact) mass is 489 g/mol. The van der Waals surface area contributed by atoms with Gasteiger partial charge in [0.15, 0.2) is 0 Å². The van der Waals surface area contributed by atoms with Crippen LogP contribution in [0.2, 0.25) is 0 Å². The highest BCUT2D eigenvalue weighted by Crippen LogP contribution is 2.31. The summed E-state index contributed by atoms with van der Waals surface area (Å²) in [6.07, 6.45) is 1.40. The minimum atomic E-state index is -1.16. The zero-order valence-corrected chi connectivity index (χ0v) is 19.9. The average Bonchev–Trinajstić information content (AvgIpc) is 2.96. The van der Waals surface area contributed by atoms with E-state index in [1.807, 2.05) is 0 Å². The van der Waals surface area contributed by atoms with Crippen molar-refractivity contribution in [2.24, 2.45) is 0 Å². The average molecular weight is 490 g/mol. The van der Waals surface area contributed by atoms with E-state index in [1.165, 1.54) is 41.4 Å². The van der Waals surface area contributed by atoms with E-state index in [9.17, 15) is 19.1 Å². The second-order valence-electron chi connectivity index (χ2n) is 8.66. The van der Waals surface area contributed by atoms with Gasteiger partial charge in [0.05, 0.1) is 5.69 Å². The molecular formula is C27H24FN3O5. The molecule has 1 unspecified atom stereocenters. The van der Waals surface area contributed by atoms with Crippen molar-refractivity contribution >= 4 is 17.5 Å². The molecule has 0 saturated heterocycles. The number of hydrogen-bond donors (Lipinski definition) is 2. The summed E-state index contributed by atoms with van der Waals surface area (Å²) in [6, 6.07) is 12.6. The van der Waals surface area contributed by atoms with Crippen LogP contribution in [-0.4, -0.2) is 47.2 Å². The number of anilines is 1. The number of fused-ring (bicyclic) bond motifs is 1. The van der Waals surface area contributed by atoms with Crippen molar-refractivity contribution in [3.05, 3.63) is 77.9 Å². The fraction of sp³-hybridized carbons (Fsp3) is 0.222. The molecule has 0 saturated carbocycles. The van der Waals surface area contributed by atoms with E-state index >= 15 is 0 Å². The molecule has 2 N–H and O–H groups in total. The second-order valence-corrected chi connectivity index (χ2v) is 8.66. The fourth-order valence-electron chi connectivity index (χ4n) is 3.37. The van der Waals surface area contributed by atoms with Crippen molar-refractivity contribution in [2.45, 2.75) is 25.5 Å². The smallest absolute Gasteiger partial charge is 0.270 e. The van der Waals surface area contributed by atoms with Crippen molar-refractivity contribution in [3.8, 4) is 29.1 Å². The highest BCUT2D eigenvalue weighted by atomic mass is 19.1. The molecule has 2 aromatic carbocycles. The van der Waals surface area contributed by atoms with E-state index in [0.717, 1.165) is 0 Å². The molecular weight excluding hydrogens is 465 g/mol. The maximum Gasteiger partial charge on any atom is 0.270 e. The van der Waals surface area contributed by atoms with Gasteiger partial charge in [0, 0.05) is 24.9 Å². The van der Waals surface area contributed by atoms with E-state index < -0.39 is 23.4 Å². The molecule has 3 aromatic rings. The van der Waals surface area contributed by atoms with E-state index in [-0.39, 0.29) is 18.2 Å². The first-order valence-electron chi connectivity index (χ1n) is 11.1. The number of likely N-dealkylation sites (N-methyl/N-ethyl adjacent to an activating group) is 1. The number of carbonyl (C=O) groups excluding carboxylic acids is 2. The molecule has 184 valence electrons. The summed E-state index contributed by atoms with van der Waals surface area (Å²) in [4.78, 5) is 31.5. The van der Waals surface area contributed by atoms with Crippen LogP contribution in [0.25, 0.3) is 0 Å². The third kappa shape index (κ3) is 5.98. The summed E-state index contributed by atoms with van der Waals surface area (Å²) in [6.45, 7) is 3.08. The van der Waals surface area contributed by atoms with Gasteiger partial charge in [0.1, 0.15) is 47.0 Å². The van der Waals surface area contributed by atoms with Crippen molar-refractivity contribution in [2.75, 3.05) is 18.6 Å². The zero-order valence-electron chi connectivity index (χ0n) is 19.9. The number of halogens is 1. The lowest BCUT2D eigenvalue weighted by Gasteiger charge is -2.20. The molecule has 0 aliphatic carbocycles. The Kier molecular flexibility index (Phi) is 6.90. The quantitative estimate of drug-likeness (QED) is 0.546. The second kappa shape index (κ2) is 10.1. The molecule has 1 aliphatic rings. The Morgan fingerprint density at radius 3 is 2.67 bits per heavy atom. The van der Waals surface area contributed by atoms with Gasteiger partial charge in [-0.05, 0) is 62.4 Å². The van der Waals surface area contributed by atoms with Gasteiger partial charge < -0.3 is 24.8 Å². The number of aliphatic hydroxyl groups is 1. The minimum Gasteiger partial charge on any atom is -0.489 e. The van der Waals surface area contributed by atoms with Gasteiger partial charge in [-0.15, -0.1) is 0 Å². The maximum absolute atomic E-state index is 13.1. The Labute approximate surface area is 207 Å². The first-order chi connectivity index (χ1) is 17.1. The number of rotatable bonds is 4. The topological polar surface area (TPSA) is 101 Å². The standard InChI is InChI=1S/C27H24FN3O5/c1-27(2,34)12-10-17-4-9-24-23(14-17)31(3)26(33)22(16-35-24)30-25(32)21-15-20(11-13-29-21)36-19-7-5-18(28)6-8-19/h4-9,11,13-15,22,34H,16H2,1-3H3,(H,30,32). The van der Waals surface area contributed by atoms with Crippen molar-refractivity contribution in [1.82, 2.24) is 10.3 Å². The van der Waals surface area contributed by atoms with Gasteiger partial charge in [-0.1, -0.05) is 11.8 Å². The minimum absolute atomic E-state index is 0.0380. The van der Waals surface area contributed by atoms with Crippen molar-refractivity contribution in [3.63, 3.8) is 0 Å². The molecule has 2 heterocycles. The predicted octanol–water partition coefficient (Wildman–Crippen LogP) is 3.29. The van der Waals surface area contributed by atoms with Crippen LogP contribution in [0.15, 0.2) is 60.8 Å². The van der Waals surface area contributed by atoms with Gasteiger partial charge in [-0.25, -0.2) is 4.39 Å². The molecule has 9 heteroatoms. The van der Waals surface area contributed by atoms with Crippen LogP contribution >= 0.6 is 0 Å². The Bertz CT molecular complexity index is 1360. The molecule has 0 bridgehead atoms. The van der Waals surface area contributed by atoms with E-state index in [4.69, 9.17) is 9.47 Å². The Morgan fingerprint density at radius 2 is 1.94 bits per heavy atom. The summed E-state index contributed by atoms with van der Waals surface area (Å²) in [7, 11) is 1.58. The van der Waals surface area contributed by atoms with Gasteiger partial charge in [0.25, 0.3) is 11.8 Å². The van der Waals surface area contributed by atoms with Gasteiger partial charge in [-0.3, -0.25) is 14.6 Å². The van der Waals surface area contributed by atoms with Crippen molar-refractivity contribution in [1.29, 1.82) is 0 Å². The molecule has 0 radical (unpaired) electrons. The molecule has 1 aromatic heterocycles. The Hall–Kier alpha value is -4.42. The number of hydrogen-bond acceptors (Lipinski definition) is 6. The van der Waals surface area contributed by atoms with E-state index in [2.05, 4.69) is 22.1 Å². The first kappa shape index (κ1) is 24.7. The number of nitrogens with one attached hydrogen (secondary N) is 1. The maximum atomic E-state index is 13.1. The molecule has 2 amide bonds. The molecule has 1 aliphatic heterocycles.